The number of benzene rings is 10. The summed E-state index contributed by atoms with van der Waals surface area (Å²) < 4.78 is 32.4. The van der Waals surface area contributed by atoms with E-state index in [9.17, 15) is 24.0 Å². The van der Waals surface area contributed by atoms with E-state index in [2.05, 4.69) is 111 Å². The molecule has 28 nitrogen and oxygen atoms in total. The van der Waals surface area contributed by atoms with Crippen molar-refractivity contribution in [3.05, 3.63) is 274 Å². The van der Waals surface area contributed by atoms with Crippen molar-refractivity contribution < 1.29 is 52.4 Å². The number of anilines is 7. The first-order valence-electron chi connectivity index (χ1n) is 43.4. The largest absolute Gasteiger partial charge is 0.497 e. The number of thioether (sulfide) groups is 1. The van der Waals surface area contributed by atoms with Gasteiger partial charge < -0.3 is 117 Å². The molecule has 4 aliphatic heterocycles. The van der Waals surface area contributed by atoms with Crippen LogP contribution >= 0.6 is 11.8 Å². The van der Waals surface area contributed by atoms with Gasteiger partial charge in [0.05, 0.1) is 68.3 Å². The third-order valence-electron chi connectivity index (χ3n) is 22.1. The second kappa shape index (κ2) is 52.3. The van der Waals surface area contributed by atoms with Crippen LogP contribution in [0, 0.1) is 34.6 Å². The van der Waals surface area contributed by atoms with E-state index in [1.165, 1.54) is 38.9 Å². The molecule has 4 aliphatic rings. The Balaban J connectivity index is 0.000000167. The van der Waals surface area contributed by atoms with Crippen molar-refractivity contribution in [1.29, 1.82) is 0 Å². The Labute approximate surface area is 758 Å². The molecule has 10 aromatic rings. The Morgan fingerprint density at radius 2 is 0.648 bits per heavy atom. The van der Waals surface area contributed by atoms with E-state index in [-0.39, 0.29) is 30.2 Å². The molecule has 29 heteroatoms. The Morgan fingerprint density at radius 3 is 1.03 bits per heavy atom. The molecule has 14 rings (SSSR count). The van der Waals surface area contributed by atoms with Gasteiger partial charge in [-0.3, -0.25) is 0 Å². The molecule has 0 saturated carbocycles. The number of carbonyl (C=O) groups is 5. The minimum absolute atomic E-state index is 0.0287. The van der Waals surface area contributed by atoms with Crippen LogP contribution in [0.15, 0.2) is 223 Å². The lowest BCUT2D eigenvalue weighted by Gasteiger charge is -2.28. The summed E-state index contributed by atoms with van der Waals surface area (Å²) in [7, 11) is 10.5. The summed E-state index contributed by atoms with van der Waals surface area (Å²) in [6.07, 6.45) is 0. The SMILES string of the molecule is COc1ccc(CNc2ccccc2NC(=O)N2CCNCC2)cc1.COc1ccc(COc2ccccc2NC(=O)N2CCNCC2)cc1.COc1ccc(COc2ccccc2NC(=O)NCCN(C)C)cc1.COc1ccc(CSc2ccccc2NC(=O)N2CCNCC2)cc1.Cc1c(C)c(C)c(CNc2ccccc2NC(=O)N2CCNCC2)c(C)c1C. The number of ether oxygens (including phenoxy) is 6. The normalized spacial score (nSPS) is 13.4. The molecule has 0 radical (unpaired) electrons. The van der Waals surface area contributed by atoms with Crippen molar-refractivity contribution in [2.45, 2.75) is 71.6 Å². The van der Waals surface area contributed by atoms with Gasteiger partial charge in [-0.05, 0) is 214 Å². The predicted octanol–water partition coefficient (Wildman–Crippen LogP) is 16.1. The maximum absolute atomic E-state index is 12.6. The molecule has 680 valence electrons. The van der Waals surface area contributed by atoms with Crippen LogP contribution in [0.25, 0.3) is 0 Å². The number of piperazine rings is 4. The number of nitrogens with zero attached hydrogens (tertiary/aromatic N) is 5. The lowest BCUT2D eigenvalue weighted by molar-refractivity contribution is 0.203. The average molecular weight is 1760 g/mol. The van der Waals surface area contributed by atoms with Gasteiger partial charge in [0, 0.05) is 142 Å². The third-order valence-corrected chi connectivity index (χ3v) is 23.2. The first-order chi connectivity index (χ1) is 62.3. The lowest BCUT2D eigenvalue weighted by atomic mass is 9.89. The maximum Gasteiger partial charge on any atom is 0.322 e. The maximum atomic E-state index is 12.6. The van der Waals surface area contributed by atoms with Crippen molar-refractivity contribution in [3.63, 3.8) is 0 Å². The van der Waals surface area contributed by atoms with Crippen LogP contribution in [0.4, 0.5) is 63.8 Å². The average Bonchev–Trinajstić information content (AvgIpc) is 0.794. The zero-order chi connectivity index (χ0) is 90.8. The Morgan fingerprint density at radius 1 is 0.344 bits per heavy atom. The molecule has 0 aromatic heterocycles. The number of methoxy groups -OCH3 is 4. The van der Waals surface area contributed by atoms with Crippen LogP contribution in [0.1, 0.15) is 55.6 Å². The summed E-state index contributed by atoms with van der Waals surface area (Å²) >= 11 is 1.72. The van der Waals surface area contributed by atoms with Gasteiger partial charge in [0.2, 0.25) is 0 Å². The van der Waals surface area contributed by atoms with Gasteiger partial charge in [0.15, 0.2) is 0 Å². The van der Waals surface area contributed by atoms with E-state index in [1.807, 2.05) is 240 Å². The Hall–Kier alpha value is -12.9. The number of urea groups is 5. The highest BCUT2D eigenvalue weighted by Crippen LogP contribution is 2.34. The summed E-state index contributed by atoms with van der Waals surface area (Å²) in [6, 6.07) is 69.4. The fraction of sp³-hybridized carbons (Fsp3) is 0.343. The van der Waals surface area contributed by atoms with Gasteiger partial charge in [0.1, 0.15) is 47.7 Å². The molecule has 10 amide bonds. The molecule has 0 spiro atoms. The van der Waals surface area contributed by atoms with E-state index in [0.717, 1.165) is 183 Å². The van der Waals surface area contributed by atoms with Gasteiger partial charge in [0.25, 0.3) is 0 Å². The monoisotopic (exact) mass is 1760 g/mol. The molecule has 0 aliphatic carbocycles. The summed E-state index contributed by atoms with van der Waals surface area (Å²) in [6.45, 7) is 27.1. The lowest BCUT2D eigenvalue weighted by Crippen LogP contribution is -2.48. The van der Waals surface area contributed by atoms with Crippen LogP contribution < -0.4 is 92.2 Å². The van der Waals surface area contributed by atoms with E-state index < -0.39 is 0 Å². The van der Waals surface area contributed by atoms with E-state index in [4.69, 9.17) is 28.4 Å². The fourth-order valence-corrected chi connectivity index (χ4v) is 15.0. The minimum Gasteiger partial charge on any atom is -0.497 e. The number of hydrogen-bond donors (Lipinski definition) is 12. The quantitative estimate of drug-likeness (QED) is 0.0213. The zero-order valence-corrected chi connectivity index (χ0v) is 76.5. The molecular formula is C99H127N17O11S. The highest BCUT2D eigenvalue weighted by Gasteiger charge is 2.23. The number of nitrogens with one attached hydrogen (secondary N) is 12. The summed E-state index contributed by atoms with van der Waals surface area (Å²) in [5.74, 6) is 5.44. The molecule has 4 saturated heterocycles. The third kappa shape index (κ3) is 31.3. The van der Waals surface area contributed by atoms with Gasteiger partial charge in [-0.2, -0.15) is 0 Å². The minimum atomic E-state index is -0.248. The van der Waals surface area contributed by atoms with E-state index in [0.29, 0.717) is 62.3 Å². The number of para-hydroxylation sites is 9. The Kier molecular flexibility index (Phi) is 39.7. The number of rotatable bonds is 27. The van der Waals surface area contributed by atoms with Gasteiger partial charge in [-0.15, -0.1) is 11.8 Å². The topological polar surface area (TPSA) is 301 Å². The molecule has 12 N–H and O–H groups in total. The van der Waals surface area contributed by atoms with Crippen LogP contribution in [-0.2, 0) is 32.1 Å². The first kappa shape index (κ1) is 97.3. The van der Waals surface area contributed by atoms with Gasteiger partial charge in [-0.25, -0.2) is 24.0 Å². The summed E-state index contributed by atoms with van der Waals surface area (Å²) in [5, 5.41) is 37.7. The summed E-state index contributed by atoms with van der Waals surface area (Å²) in [5.41, 5.74) is 18.2. The van der Waals surface area contributed by atoms with Crippen LogP contribution in [0.5, 0.6) is 34.5 Å². The van der Waals surface area contributed by atoms with Crippen LogP contribution in [0.3, 0.4) is 0 Å². The van der Waals surface area contributed by atoms with Crippen LogP contribution in [-0.4, -0.2) is 215 Å². The highest BCUT2D eigenvalue weighted by molar-refractivity contribution is 7.98. The number of likely N-dealkylation sites (N-methyl/N-ethyl adjacent to an activating group) is 1. The zero-order valence-electron chi connectivity index (χ0n) is 75.7. The molecule has 4 heterocycles. The highest BCUT2D eigenvalue weighted by atomic mass is 32.2. The predicted molar refractivity (Wildman–Crippen MR) is 517 cm³/mol. The smallest absolute Gasteiger partial charge is 0.322 e. The molecular weight excluding hydrogens is 1640 g/mol. The number of hydrogen-bond acceptors (Lipinski definition) is 19. The summed E-state index contributed by atoms with van der Waals surface area (Å²) in [4.78, 5) is 72.2. The van der Waals surface area contributed by atoms with Crippen molar-refractivity contribution in [1.82, 2.24) is 51.1 Å². The van der Waals surface area contributed by atoms with E-state index in [1.54, 1.807) is 45.1 Å². The second-order valence-corrected chi connectivity index (χ2v) is 32.0. The van der Waals surface area contributed by atoms with Crippen molar-refractivity contribution in [2.24, 2.45) is 0 Å². The number of carbonyl (C=O) groups excluding carboxylic acids is 5. The molecule has 10 aromatic carbocycles. The van der Waals surface area contributed by atoms with Crippen molar-refractivity contribution >= 4 is 81.7 Å². The molecule has 128 heavy (non-hydrogen) atoms. The van der Waals surface area contributed by atoms with Gasteiger partial charge in [-0.1, -0.05) is 109 Å². The van der Waals surface area contributed by atoms with Gasteiger partial charge >= 0.3 is 30.2 Å². The molecule has 0 atom stereocenters. The molecule has 4 fully saturated rings. The number of amides is 10. The standard InChI is InChI=1S/C23H32N4O.C19H24N4O2.C19H23N3O3.C19H25N3O3.C19H23N3O2S/c1-15-16(2)18(4)20(19(5)17(15)3)14-25-21-8-6-7-9-22(21)26-23(28)27-12-10-24-11-13-27;1-25-16-8-6-15(7-9-16)14-21-17-4-2-3-5-18(17)22-19(24)23-12-10-20-11-13-23;1-24-16-8-6-15(7-9-16)14-25-18-5-3-2-4-17(18)21-19(23)22-12-10-20-11-13-22;1-22(2)13-12-20-19(23)21-17-6-4-5-7-18(17)25-14-15-8-10-16(24-3)11-9-15;1-24-16-8-6-15(7-9-16)14-25-18-5-3-2-4-17(18)21-19(23)22-12-10-20-11-13-22/h6-9,24-25H,10-14H2,1-5H3,(H,26,28);2-9,20-21H,10-14H2,1H3,(H,22,24);2-9,20H,10-14H2,1H3,(H,21,23);4-11H,12-14H2,1-3H3,(H2,20,21,23);2-9,20H,10-14H2,1H3,(H,21,23). The van der Waals surface area contributed by atoms with Crippen molar-refractivity contribution in [2.75, 3.05) is 198 Å². The van der Waals surface area contributed by atoms with Crippen molar-refractivity contribution in [3.8, 4) is 34.5 Å². The second-order valence-electron chi connectivity index (χ2n) is 31.0. The Bertz CT molecular complexity index is 4780. The molecule has 0 bridgehead atoms. The molecule has 0 unspecified atom stereocenters. The van der Waals surface area contributed by atoms with Crippen LogP contribution in [0.2, 0.25) is 0 Å². The fourth-order valence-electron chi connectivity index (χ4n) is 14.0. The van der Waals surface area contributed by atoms with E-state index >= 15 is 0 Å². The first-order valence-corrected chi connectivity index (χ1v) is 44.4.